The maximum atomic E-state index is 14.4. The molecular formula is C47H55NO5. The molecule has 6 nitrogen and oxygen atoms in total. The number of imide groups is 1. The third kappa shape index (κ3) is 7.31. The van der Waals surface area contributed by atoms with Crippen LogP contribution in [0, 0.1) is 5.92 Å². The van der Waals surface area contributed by atoms with Crippen molar-refractivity contribution in [3.63, 3.8) is 0 Å². The van der Waals surface area contributed by atoms with Gasteiger partial charge in [-0.2, -0.15) is 0 Å². The van der Waals surface area contributed by atoms with E-state index in [-0.39, 0.29) is 11.8 Å². The van der Waals surface area contributed by atoms with Crippen molar-refractivity contribution >= 4 is 66.8 Å². The first-order valence-corrected chi connectivity index (χ1v) is 20.8. The molecule has 2 aliphatic rings. The van der Waals surface area contributed by atoms with Crippen molar-refractivity contribution in [2.24, 2.45) is 5.92 Å². The molecule has 7 rings (SSSR count). The molecule has 2 heterocycles. The van der Waals surface area contributed by atoms with Crippen LogP contribution in [0.4, 0.5) is 0 Å². The molecule has 2 aliphatic heterocycles. The molecule has 1 unspecified atom stereocenters. The molecule has 53 heavy (non-hydrogen) atoms. The third-order valence-electron chi connectivity index (χ3n) is 12.1. The Hall–Kier alpha value is -4.32. The number of carbonyl (C=O) groups excluding carboxylic acids is 4. The quantitative estimate of drug-likeness (QED) is 0.0189. The van der Waals surface area contributed by atoms with Gasteiger partial charge in [0.15, 0.2) is 0 Å². The maximum absolute atomic E-state index is 14.4. The van der Waals surface area contributed by atoms with Gasteiger partial charge in [-0.1, -0.05) is 147 Å². The van der Waals surface area contributed by atoms with E-state index in [4.69, 9.17) is 4.74 Å². The van der Waals surface area contributed by atoms with Crippen LogP contribution in [-0.2, 0) is 4.74 Å². The summed E-state index contributed by atoms with van der Waals surface area (Å²) in [6.07, 6.45) is 23.8. The van der Waals surface area contributed by atoms with Gasteiger partial charge in [-0.15, -0.1) is 0 Å². The highest BCUT2D eigenvalue weighted by molar-refractivity contribution is 6.40. The van der Waals surface area contributed by atoms with E-state index in [1.807, 2.05) is 36.4 Å². The summed E-state index contributed by atoms with van der Waals surface area (Å²) in [6, 6.07) is 14.9. The molecule has 0 fully saturated rings. The molecule has 0 spiro atoms. The van der Waals surface area contributed by atoms with Crippen LogP contribution in [0.5, 0.6) is 0 Å². The standard InChI is InChI=1S/C47H55NO5/c1-3-5-7-9-11-13-15-17-19-21-31(20-18-16-14-12-10-8-6-4-2)30-48-44(49)36-26-22-32-34-24-28-38-43-39(47(52)53-46(38)51)29-25-35(41(34)43)33-23-27-37(45(48)50)42(36)40(32)33/h22-29,31H,3-21,30H2,1-2H3. The number of benzene rings is 5. The van der Waals surface area contributed by atoms with Crippen LogP contribution in [0.2, 0.25) is 0 Å². The summed E-state index contributed by atoms with van der Waals surface area (Å²) < 4.78 is 5.02. The van der Waals surface area contributed by atoms with E-state index in [2.05, 4.69) is 13.8 Å². The second-order valence-electron chi connectivity index (χ2n) is 15.8. The van der Waals surface area contributed by atoms with E-state index in [1.165, 1.54) is 96.3 Å². The Balaban J connectivity index is 1.13. The summed E-state index contributed by atoms with van der Waals surface area (Å²) in [4.78, 5) is 55.7. The first-order valence-electron chi connectivity index (χ1n) is 20.8. The molecule has 1 atom stereocenters. The molecule has 0 aromatic heterocycles. The van der Waals surface area contributed by atoms with Gasteiger partial charge in [0.25, 0.3) is 11.8 Å². The number of cyclic esters (lactones) is 2. The number of esters is 2. The minimum absolute atomic E-state index is 0.205. The predicted molar refractivity (Wildman–Crippen MR) is 215 cm³/mol. The molecule has 0 N–H and O–H groups in total. The lowest BCUT2D eigenvalue weighted by molar-refractivity contribution is 0.0390. The Bertz CT molecular complexity index is 2030. The van der Waals surface area contributed by atoms with Crippen LogP contribution in [-0.4, -0.2) is 35.2 Å². The van der Waals surface area contributed by atoms with E-state index < -0.39 is 11.9 Å². The van der Waals surface area contributed by atoms with Gasteiger partial charge in [0.1, 0.15) is 0 Å². The van der Waals surface area contributed by atoms with E-state index in [0.717, 1.165) is 58.0 Å². The monoisotopic (exact) mass is 713 g/mol. The van der Waals surface area contributed by atoms with Crippen molar-refractivity contribution < 1.29 is 23.9 Å². The van der Waals surface area contributed by atoms with Crippen molar-refractivity contribution in [3.05, 3.63) is 70.8 Å². The SMILES string of the molecule is CCCCCCCCCCCC(CCCCCCCCCC)CN1C(=O)c2ccc3c4ccc5c6c(ccc(c7ccc(c2c37)C1=O)c64)C(=O)OC5=O. The molecule has 0 bridgehead atoms. The summed E-state index contributed by atoms with van der Waals surface area (Å²) >= 11 is 0. The van der Waals surface area contributed by atoms with Crippen molar-refractivity contribution in [1.82, 2.24) is 4.90 Å². The van der Waals surface area contributed by atoms with Crippen molar-refractivity contribution in [2.45, 2.75) is 136 Å². The Morgan fingerprint density at radius 3 is 1.17 bits per heavy atom. The predicted octanol–water partition coefficient (Wildman–Crippen LogP) is 12.7. The molecule has 2 amide bonds. The minimum Gasteiger partial charge on any atom is -0.386 e. The zero-order valence-electron chi connectivity index (χ0n) is 31.8. The lowest BCUT2D eigenvalue weighted by Crippen LogP contribution is -2.43. The average molecular weight is 714 g/mol. The number of hydrogen-bond donors (Lipinski definition) is 0. The summed E-state index contributed by atoms with van der Waals surface area (Å²) in [5.41, 5.74) is 1.89. The van der Waals surface area contributed by atoms with Gasteiger partial charge in [0.05, 0.1) is 11.1 Å². The lowest BCUT2D eigenvalue weighted by Gasteiger charge is -2.31. The van der Waals surface area contributed by atoms with Gasteiger partial charge in [0.2, 0.25) is 0 Å². The highest BCUT2D eigenvalue weighted by Crippen LogP contribution is 2.46. The number of nitrogens with zero attached hydrogens (tertiary/aromatic N) is 1. The molecule has 5 aromatic carbocycles. The van der Waals surface area contributed by atoms with Crippen LogP contribution < -0.4 is 0 Å². The molecule has 5 aromatic rings. The van der Waals surface area contributed by atoms with Crippen LogP contribution in [0.25, 0.3) is 43.1 Å². The van der Waals surface area contributed by atoms with Crippen LogP contribution >= 0.6 is 0 Å². The molecular weight excluding hydrogens is 659 g/mol. The van der Waals surface area contributed by atoms with Crippen LogP contribution in [0.3, 0.4) is 0 Å². The second kappa shape index (κ2) is 16.8. The van der Waals surface area contributed by atoms with E-state index in [9.17, 15) is 19.2 Å². The minimum atomic E-state index is -0.642. The molecule has 6 heteroatoms. The van der Waals surface area contributed by atoms with Gasteiger partial charge in [-0.3, -0.25) is 14.5 Å². The maximum Gasteiger partial charge on any atom is 0.346 e. The van der Waals surface area contributed by atoms with Crippen LogP contribution in [0.1, 0.15) is 177 Å². The summed E-state index contributed by atoms with van der Waals surface area (Å²) in [5, 5.41) is 6.58. The number of amides is 2. The molecule has 0 radical (unpaired) electrons. The number of hydrogen-bond acceptors (Lipinski definition) is 5. The zero-order valence-corrected chi connectivity index (χ0v) is 31.8. The van der Waals surface area contributed by atoms with E-state index in [0.29, 0.717) is 45.5 Å². The fraction of sp³-hybridized carbons (Fsp3) is 0.489. The molecule has 0 aliphatic carbocycles. The number of rotatable bonds is 21. The summed E-state index contributed by atoms with van der Waals surface area (Å²) in [6.45, 7) is 4.98. The third-order valence-corrected chi connectivity index (χ3v) is 12.1. The topological polar surface area (TPSA) is 80.8 Å². The van der Waals surface area contributed by atoms with Gasteiger partial charge in [-0.05, 0) is 75.3 Å². The Morgan fingerprint density at radius 1 is 0.434 bits per heavy atom. The highest BCUT2D eigenvalue weighted by atomic mass is 16.6. The number of unbranched alkanes of at least 4 members (excludes halogenated alkanes) is 15. The normalized spacial score (nSPS) is 14.8. The van der Waals surface area contributed by atoms with Gasteiger partial charge >= 0.3 is 11.9 Å². The van der Waals surface area contributed by atoms with Crippen molar-refractivity contribution in [3.8, 4) is 0 Å². The largest absolute Gasteiger partial charge is 0.386 e. The summed E-state index contributed by atoms with van der Waals surface area (Å²) in [5.74, 6) is -1.40. The fourth-order valence-corrected chi connectivity index (χ4v) is 9.22. The van der Waals surface area contributed by atoms with Crippen molar-refractivity contribution in [2.75, 3.05) is 6.54 Å². The first kappa shape index (κ1) is 37.0. The Morgan fingerprint density at radius 2 is 0.774 bits per heavy atom. The molecule has 0 saturated heterocycles. The Kier molecular flexibility index (Phi) is 11.7. The Labute approximate surface area is 313 Å². The number of fused-ring (bicyclic) bond motifs is 2. The van der Waals surface area contributed by atoms with E-state index >= 15 is 0 Å². The second-order valence-corrected chi connectivity index (χ2v) is 15.8. The summed E-state index contributed by atoms with van der Waals surface area (Å²) in [7, 11) is 0. The van der Waals surface area contributed by atoms with Gasteiger partial charge in [0, 0.05) is 28.4 Å². The fourth-order valence-electron chi connectivity index (χ4n) is 9.22. The van der Waals surface area contributed by atoms with Crippen molar-refractivity contribution in [1.29, 1.82) is 0 Å². The van der Waals surface area contributed by atoms with Gasteiger partial charge in [-0.25, -0.2) is 9.59 Å². The average Bonchev–Trinajstić information content (AvgIpc) is 3.17. The first-order chi connectivity index (χ1) is 25.9. The highest BCUT2D eigenvalue weighted by Gasteiger charge is 2.36. The smallest absolute Gasteiger partial charge is 0.346 e. The van der Waals surface area contributed by atoms with E-state index in [1.54, 1.807) is 17.0 Å². The molecule has 278 valence electrons. The number of ether oxygens (including phenoxy) is 1. The van der Waals surface area contributed by atoms with Gasteiger partial charge < -0.3 is 4.74 Å². The number of carbonyl (C=O) groups is 4. The van der Waals surface area contributed by atoms with Crippen LogP contribution in [0.15, 0.2) is 48.5 Å². The molecule has 0 saturated carbocycles. The lowest BCUT2D eigenvalue weighted by atomic mass is 9.82. The zero-order chi connectivity index (χ0) is 36.9.